The van der Waals surface area contributed by atoms with Gasteiger partial charge in [-0.15, -0.1) is 0 Å². The van der Waals surface area contributed by atoms with Gasteiger partial charge in [0.15, 0.2) is 6.10 Å². The normalized spacial score (nSPS) is 11.2. The molecule has 0 spiro atoms. The van der Waals surface area contributed by atoms with Gasteiger partial charge in [0.2, 0.25) is 0 Å². The van der Waals surface area contributed by atoms with Gasteiger partial charge < -0.3 is 20.1 Å². The van der Waals surface area contributed by atoms with Crippen molar-refractivity contribution in [2.75, 3.05) is 17.7 Å². The van der Waals surface area contributed by atoms with Crippen molar-refractivity contribution in [3.63, 3.8) is 0 Å². The van der Waals surface area contributed by atoms with Crippen LogP contribution in [0.4, 0.5) is 11.4 Å². The summed E-state index contributed by atoms with van der Waals surface area (Å²) in [6, 6.07) is 23.0. The minimum Gasteiger partial charge on any atom is -0.495 e. The standard InChI is InChI=1S/C23H22N2O4/c1-16(22(26)25-19-13-7-9-15-21(19)28-2)29-20-14-8-6-12-18(20)23(27)24-17-10-4-3-5-11-17/h3-16H,1-2H3,(H,24,27)(H,25,26)/t16-/m0/s1. The van der Waals surface area contributed by atoms with Gasteiger partial charge in [0, 0.05) is 5.69 Å². The Morgan fingerprint density at radius 1 is 0.793 bits per heavy atom. The average molecular weight is 390 g/mol. The van der Waals surface area contributed by atoms with Gasteiger partial charge in [-0.3, -0.25) is 9.59 Å². The minimum absolute atomic E-state index is 0.316. The van der Waals surface area contributed by atoms with Crippen molar-refractivity contribution in [1.29, 1.82) is 0 Å². The Morgan fingerprint density at radius 2 is 1.41 bits per heavy atom. The van der Waals surface area contributed by atoms with Crippen molar-refractivity contribution in [3.8, 4) is 11.5 Å². The van der Waals surface area contributed by atoms with Gasteiger partial charge >= 0.3 is 0 Å². The smallest absolute Gasteiger partial charge is 0.265 e. The van der Waals surface area contributed by atoms with Gasteiger partial charge in [-0.25, -0.2) is 0 Å². The van der Waals surface area contributed by atoms with Crippen LogP contribution in [0.3, 0.4) is 0 Å². The maximum Gasteiger partial charge on any atom is 0.265 e. The molecule has 0 unspecified atom stereocenters. The first kappa shape index (κ1) is 19.9. The fourth-order valence-corrected chi connectivity index (χ4v) is 2.70. The van der Waals surface area contributed by atoms with Gasteiger partial charge in [0.1, 0.15) is 11.5 Å². The lowest BCUT2D eigenvalue weighted by atomic mass is 10.1. The first-order valence-electron chi connectivity index (χ1n) is 9.14. The molecule has 3 aromatic carbocycles. The Hall–Kier alpha value is -3.80. The van der Waals surface area contributed by atoms with E-state index in [1.807, 2.05) is 24.3 Å². The summed E-state index contributed by atoms with van der Waals surface area (Å²) in [6.45, 7) is 1.62. The Labute approximate surface area is 169 Å². The maximum atomic E-state index is 12.7. The molecule has 0 fully saturated rings. The molecule has 0 radical (unpaired) electrons. The molecule has 0 bridgehead atoms. The number of hydrogen-bond acceptors (Lipinski definition) is 4. The number of rotatable bonds is 7. The number of hydrogen-bond donors (Lipinski definition) is 2. The molecule has 1 atom stereocenters. The zero-order chi connectivity index (χ0) is 20.6. The lowest BCUT2D eigenvalue weighted by Gasteiger charge is -2.18. The Bertz CT molecular complexity index is 989. The van der Waals surface area contributed by atoms with Crippen molar-refractivity contribution in [2.24, 2.45) is 0 Å². The van der Waals surface area contributed by atoms with E-state index in [9.17, 15) is 9.59 Å². The van der Waals surface area contributed by atoms with E-state index >= 15 is 0 Å². The number of nitrogens with one attached hydrogen (secondary N) is 2. The molecule has 0 saturated carbocycles. The Morgan fingerprint density at radius 3 is 2.14 bits per heavy atom. The molecule has 3 rings (SSSR count). The van der Waals surface area contributed by atoms with Gasteiger partial charge in [0.05, 0.1) is 18.4 Å². The molecule has 2 N–H and O–H groups in total. The molecule has 0 heterocycles. The van der Waals surface area contributed by atoms with Crippen LogP contribution >= 0.6 is 0 Å². The van der Waals surface area contributed by atoms with Crippen LogP contribution in [0, 0.1) is 0 Å². The topological polar surface area (TPSA) is 76.7 Å². The number of carbonyl (C=O) groups is 2. The Kier molecular flexibility index (Phi) is 6.47. The van der Waals surface area contributed by atoms with Crippen LogP contribution in [0.5, 0.6) is 11.5 Å². The SMILES string of the molecule is COc1ccccc1NC(=O)[C@H](C)Oc1ccccc1C(=O)Nc1ccccc1. The van der Waals surface area contributed by atoms with Crippen molar-refractivity contribution >= 4 is 23.2 Å². The molecular formula is C23H22N2O4. The molecule has 0 aliphatic rings. The highest BCUT2D eigenvalue weighted by atomic mass is 16.5. The molecule has 0 aliphatic carbocycles. The highest BCUT2D eigenvalue weighted by Gasteiger charge is 2.20. The van der Waals surface area contributed by atoms with Gasteiger partial charge in [0.25, 0.3) is 11.8 Å². The molecule has 148 valence electrons. The zero-order valence-electron chi connectivity index (χ0n) is 16.2. The van der Waals surface area contributed by atoms with E-state index in [2.05, 4.69) is 10.6 Å². The quantitative estimate of drug-likeness (QED) is 0.629. The van der Waals surface area contributed by atoms with Gasteiger partial charge in [-0.2, -0.15) is 0 Å². The van der Waals surface area contributed by atoms with Crippen LogP contribution in [0.1, 0.15) is 17.3 Å². The minimum atomic E-state index is -0.828. The van der Waals surface area contributed by atoms with Crippen molar-refractivity contribution < 1.29 is 19.1 Å². The molecule has 29 heavy (non-hydrogen) atoms. The van der Waals surface area contributed by atoms with E-state index in [-0.39, 0.29) is 11.8 Å². The van der Waals surface area contributed by atoms with Gasteiger partial charge in [-0.1, -0.05) is 42.5 Å². The molecular weight excluding hydrogens is 368 g/mol. The van der Waals surface area contributed by atoms with E-state index in [4.69, 9.17) is 9.47 Å². The predicted octanol–water partition coefficient (Wildman–Crippen LogP) is 4.35. The number of ether oxygens (including phenoxy) is 2. The second-order valence-electron chi connectivity index (χ2n) is 6.27. The number of benzene rings is 3. The number of para-hydroxylation sites is 4. The summed E-state index contributed by atoms with van der Waals surface area (Å²) in [5.41, 5.74) is 1.56. The second-order valence-corrected chi connectivity index (χ2v) is 6.27. The van der Waals surface area contributed by atoms with Crippen LogP contribution in [0.2, 0.25) is 0 Å². The zero-order valence-corrected chi connectivity index (χ0v) is 16.2. The first-order chi connectivity index (χ1) is 14.1. The number of amides is 2. The average Bonchev–Trinajstić information content (AvgIpc) is 2.75. The van der Waals surface area contributed by atoms with Crippen LogP contribution in [-0.4, -0.2) is 25.0 Å². The third kappa shape index (κ3) is 5.13. The van der Waals surface area contributed by atoms with E-state index in [0.29, 0.717) is 28.4 Å². The highest BCUT2D eigenvalue weighted by molar-refractivity contribution is 6.06. The number of carbonyl (C=O) groups excluding carboxylic acids is 2. The van der Waals surface area contributed by atoms with Gasteiger partial charge in [-0.05, 0) is 43.3 Å². The fourth-order valence-electron chi connectivity index (χ4n) is 2.70. The highest BCUT2D eigenvalue weighted by Crippen LogP contribution is 2.24. The molecule has 0 aromatic heterocycles. The lowest BCUT2D eigenvalue weighted by molar-refractivity contribution is -0.122. The molecule has 0 saturated heterocycles. The number of anilines is 2. The Balaban J connectivity index is 1.71. The summed E-state index contributed by atoms with van der Waals surface area (Å²) in [6.07, 6.45) is -0.828. The third-order valence-corrected chi connectivity index (χ3v) is 4.20. The summed E-state index contributed by atoms with van der Waals surface area (Å²) >= 11 is 0. The second kappa shape index (κ2) is 9.41. The molecule has 6 nitrogen and oxygen atoms in total. The number of methoxy groups -OCH3 is 1. The van der Waals surface area contributed by atoms with Crippen LogP contribution in [-0.2, 0) is 4.79 Å². The largest absolute Gasteiger partial charge is 0.495 e. The first-order valence-corrected chi connectivity index (χ1v) is 9.14. The predicted molar refractivity (Wildman–Crippen MR) is 113 cm³/mol. The summed E-state index contributed by atoms with van der Waals surface area (Å²) in [7, 11) is 1.53. The van der Waals surface area contributed by atoms with Crippen LogP contribution in [0.15, 0.2) is 78.9 Å². The summed E-state index contributed by atoms with van der Waals surface area (Å²) < 4.78 is 11.0. The van der Waals surface area contributed by atoms with E-state index < -0.39 is 6.10 Å². The summed E-state index contributed by atoms with van der Waals surface area (Å²) in [5.74, 6) is 0.205. The van der Waals surface area contributed by atoms with Crippen molar-refractivity contribution in [1.82, 2.24) is 0 Å². The lowest BCUT2D eigenvalue weighted by Crippen LogP contribution is -2.31. The van der Waals surface area contributed by atoms with Crippen molar-refractivity contribution in [3.05, 3.63) is 84.4 Å². The van der Waals surface area contributed by atoms with Crippen molar-refractivity contribution in [2.45, 2.75) is 13.0 Å². The third-order valence-electron chi connectivity index (χ3n) is 4.20. The van der Waals surface area contributed by atoms with E-state index in [0.717, 1.165) is 0 Å². The monoisotopic (exact) mass is 390 g/mol. The molecule has 3 aromatic rings. The fraction of sp³-hybridized carbons (Fsp3) is 0.130. The summed E-state index contributed by atoms with van der Waals surface area (Å²) in [5, 5.41) is 5.60. The summed E-state index contributed by atoms with van der Waals surface area (Å²) in [4.78, 5) is 25.2. The van der Waals surface area contributed by atoms with Crippen LogP contribution < -0.4 is 20.1 Å². The van der Waals surface area contributed by atoms with Crippen LogP contribution in [0.25, 0.3) is 0 Å². The molecule has 0 aliphatic heterocycles. The molecule has 2 amide bonds. The van der Waals surface area contributed by atoms with E-state index in [1.165, 1.54) is 7.11 Å². The maximum absolute atomic E-state index is 12.7. The van der Waals surface area contributed by atoms with E-state index in [1.54, 1.807) is 61.5 Å². The molecule has 6 heteroatoms.